The first-order valence-electron chi connectivity index (χ1n) is 8.41. The molecule has 1 aromatic heterocycles. The highest BCUT2D eigenvalue weighted by Gasteiger charge is 2.30. The number of hydrogen-bond donors (Lipinski definition) is 2. The van der Waals surface area contributed by atoms with Crippen LogP contribution in [0.2, 0.25) is 0 Å². The van der Waals surface area contributed by atoms with Gasteiger partial charge in [0.15, 0.2) is 0 Å². The lowest BCUT2D eigenvalue weighted by Crippen LogP contribution is -2.46. The number of nitrogens with two attached hydrogens (primary N) is 1. The molecule has 3 N–H and O–H groups in total. The number of nitrogens with one attached hydrogen (secondary N) is 1. The van der Waals surface area contributed by atoms with Crippen LogP contribution in [0.1, 0.15) is 33.4 Å². The molecule has 25 heavy (non-hydrogen) atoms. The minimum absolute atomic E-state index is 0.367. The Bertz CT molecular complexity index is 719. The van der Waals surface area contributed by atoms with Gasteiger partial charge in [-0.05, 0) is 26.8 Å². The molecule has 136 valence electrons. The number of rotatable bonds is 5. The molecule has 1 atom stereocenters. The summed E-state index contributed by atoms with van der Waals surface area (Å²) >= 11 is 0. The lowest BCUT2D eigenvalue weighted by Gasteiger charge is -2.29. The summed E-state index contributed by atoms with van der Waals surface area (Å²) in [6.07, 6.45) is -0.447. The van der Waals surface area contributed by atoms with Crippen molar-refractivity contribution in [2.45, 2.75) is 38.7 Å². The maximum atomic E-state index is 12.0. The van der Waals surface area contributed by atoms with Crippen molar-refractivity contribution in [3.8, 4) is 11.3 Å². The first kappa shape index (κ1) is 19.0. The Morgan fingerprint density at radius 1 is 1.24 bits per heavy atom. The number of benzene rings is 1. The first-order valence-corrected chi connectivity index (χ1v) is 8.41. The number of amides is 1. The standard InChI is InChI=1S/C19H28N4O2/c1-18(2,3)25-17(24)21-13-19(4,12-20)16-11-15(22-23(16)5)14-9-7-6-8-10-14/h6-11H,12-13,20H2,1-5H3,(H,21,24). The molecule has 0 saturated heterocycles. The number of aromatic nitrogens is 2. The highest BCUT2D eigenvalue weighted by molar-refractivity contribution is 5.68. The summed E-state index contributed by atoms with van der Waals surface area (Å²) in [6.45, 7) is 8.25. The van der Waals surface area contributed by atoms with E-state index in [1.54, 1.807) is 0 Å². The molecule has 6 nitrogen and oxygen atoms in total. The lowest BCUT2D eigenvalue weighted by molar-refractivity contribution is 0.0515. The van der Waals surface area contributed by atoms with E-state index in [2.05, 4.69) is 10.4 Å². The van der Waals surface area contributed by atoms with E-state index in [1.807, 2.05) is 75.8 Å². The fourth-order valence-electron chi connectivity index (χ4n) is 2.63. The SMILES string of the molecule is Cn1nc(-c2ccccc2)cc1C(C)(CN)CNC(=O)OC(C)(C)C. The van der Waals surface area contributed by atoms with Crippen LogP contribution in [0.3, 0.4) is 0 Å². The summed E-state index contributed by atoms with van der Waals surface area (Å²) in [5.41, 5.74) is 7.94. The maximum Gasteiger partial charge on any atom is 0.407 e. The zero-order valence-corrected chi connectivity index (χ0v) is 15.7. The van der Waals surface area contributed by atoms with E-state index in [9.17, 15) is 4.79 Å². The fraction of sp³-hybridized carbons (Fsp3) is 0.474. The highest BCUT2D eigenvalue weighted by atomic mass is 16.6. The van der Waals surface area contributed by atoms with Gasteiger partial charge in [0, 0.05) is 36.8 Å². The molecule has 0 fully saturated rings. The third-order valence-corrected chi connectivity index (χ3v) is 4.04. The van der Waals surface area contributed by atoms with Gasteiger partial charge in [0.1, 0.15) is 5.60 Å². The fourth-order valence-corrected chi connectivity index (χ4v) is 2.63. The Morgan fingerprint density at radius 3 is 2.44 bits per heavy atom. The summed E-state index contributed by atoms with van der Waals surface area (Å²) < 4.78 is 7.13. The van der Waals surface area contributed by atoms with Crippen molar-refractivity contribution >= 4 is 6.09 Å². The summed E-state index contributed by atoms with van der Waals surface area (Å²) in [5.74, 6) is 0. The Kier molecular flexibility index (Phi) is 5.52. The molecule has 0 radical (unpaired) electrons. The van der Waals surface area contributed by atoms with Crippen LogP contribution >= 0.6 is 0 Å². The van der Waals surface area contributed by atoms with Crippen molar-refractivity contribution < 1.29 is 9.53 Å². The number of carbonyl (C=O) groups excluding carboxylic acids is 1. The van der Waals surface area contributed by atoms with Gasteiger partial charge in [0.05, 0.1) is 5.69 Å². The van der Waals surface area contributed by atoms with Crippen molar-refractivity contribution in [1.29, 1.82) is 0 Å². The van der Waals surface area contributed by atoms with Crippen molar-refractivity contribution in [3.05, 3.63) is 42.1 Å². The molecule has 0 spiro atoms. The Morgan fingerprint density at radius 2 is 1.88 bits per heavy atom. The number of carbonyl (C=O) groups is 1. The summed E-state index contributed by atoms with van der Waals surface area (Å²) in [7, 11) is 1.89. The van der Waals surface area contributed by atoms with E-state index in [0.29, 0.717) is 13.1 Å². The second-order valence-electron chi connectivity index (χ2n) is 7.52. The van der Waals surface area contributed by atoms with Crippen LogP contribution in [-0.4, -0.2) is 34.6 Å². The molecule has 6 heteroatoms. The van der Waals surface area contributed by atoms with Gasteiger partial charge in [-0.25, -0.2) is 4.79 Å². The van der Waals surface area contributed by atoms with E-state index >= 15 is 0 Å². The summed E-state index contributed by atoms with van der Waals surface area (Å²) in [5, 5.41) is 7.42. The van der Waals surface area contributed by atoms with Crippen LogP contribution in [0, 0.1) is 0 Å². The largest absolute Gasteiger partial charge is 0.444 e. The minimum atomic E-state index is -0.532. The smallest absolute Gasteiger partial charge is 0.407 e. The van der Waals surface area contributed by atoms with Gasteiger partial charge in [-0.15, -0.1) is 0 Å². The highest BCUT2D eigenvalue weighted by Crippen LogP contribution is 2.27. The molecule has 0 saturated carbocycles. The van der Waals surface area contributed by atoms with Gasteiger partial charge < -0.3 is 15.8 Å². The van der Waals surface area contributed by atoms with Crippen LogP contribution in [0.4, 0.5) is 4.79 Å². The minimum Gasteiger partial charge on any atom is -0.444 e. The number of aryl methyl sites for hydroxylation is 1. The molecule has 1 unspecified atom stereocenters. The summed E-state index contributed by atoms with van der Waals surface area (Å²) in [4.78, 5) is 12.0. The zero-order chi connectivity index (χ0) is 18.7. The average Bonchev–Trinajstić information content (AvgIpc) is 2.94. The lowest BCUT2D eigenvalue weighted by atomic mass is 9.86. The Balaban J connectivity index is 2.19. The number of hydrogen-bond acceptors (Lipinski definition) is 4. The molecule has 0 bridgehead atoms. The van der Waals surface area contributed by atoms with Crippen LogP contribution in [0.5, 0.6) is 0 Å². The molecule has 0 aliphatic heterocycles. The van der Waals surface area contributed by atoms with Crippen molar-refractivity contribution in [1.82, 2.24) is 15.1 Å². The van der Waals surface area contributed by atoms with E-state index in [4.69, 9.17) is 10.5 Å². The van der Waals surface area contributed by atoms with Crippen molar-refractivity contribution in [2.24, 2.45) is 12.8 Å². The van der Waals surface area contributed by atoms with Gasteiger partial charge in [-0.1, -0.05) is 37.3 Å². The van der Waals surface area contributed by atoms with E-state index in [1.165, 1.54) is 0 Å². The Labute approximate surface area is 149 Å². The predicted octanol–water partition coefficient (Wildman–Crippen LogP) is 2.83. The number of alkyl carbamates (subject to hydrolysis) is 1. The second-order valence-corrected chi connectivity index (χ2v) is 7.52. The maximum absolute atomic E-state index is 12.0. The monoisotopic (exact) mass is 344 g/mol. The van der Waals surface area contributed by atoms with Gasteiger partial charge in [-0.2, -0.15) is 5.10 Å². The van der Waals surface area contributed by atoms with E-state index in [0.717, 1.165) is 17.0 Å². The van der Waals surface area contributed by atoms with Crippen LogP contribution < -0.4 is 11.1 Å². The molecule has 0 aliphatic carbocycles. The molecule has 2 aromatic rings. The summed E-state index contributed by atoms with van der Waals surface area (Å²) in [6, 6.07) is 12.0. The number of ether oxygens (including phenoxy) is 1. The Hall–Kier alpha value is -2.34. The normalized spacial score (nSPS) is 14.0. The number of nitrogens with zero attached hydrogens (tertiary/aromatic N) is 2. The van der Waals surface area contributed by atoms with Gasteiger partial charge >= 0.3 is 6.09 Å². The first-order chi connectivity index (χ1) is 11.6. The van der Waals surface area contributed by atoms with Gasteiger partial charge in [0.2, 0.25) is 0 Å². The van der Waals surface area contributed by atoms with E-state index < -0.39 is 17.1 Å². The van der Waals surface area contributed by atoms with Crippen molar-refractivity contribution in [3.63, 3.8) is 0 Å². The molecule has 1 aromatic carbocycles. The molecule has 0 aliphatic rings. The third kappa shape index (κ3) is 4.82. The molecule has 2 rings (SSSR count). The quantitative estimate of drug-likeness (QED) is 0.874. The van der Waals surface area contributed by atoms with Crippen LogP contribution in [0.25, 0.3) is 11.3 Å². The van der Waals surface area contributed by atoms with E-state index in [-0.39, 0.29) is 0 Å². The zero-order valence-electron chi connectivity index (χ0n) is 15.7. The second kappa shape index (κ2) is 7.27. The average molecular weight is 344 g/mol. The van der Waals surface area contributed by atoms with Crippen LogP contribution in [0.15, 0.2) is 36.4 Å². The predicted molar refractivity (Wildman–Crippen MR) is 99.3 cm³/mol. The van der Waals surface area contributed by atoms with Crippen LogP contribution in [-0.2, 0) is 17.2 Å². The molecular formula is C19H28N4O2. The van der Waals surface area contributed by atoms with Gasteiger partial charge in [0.25, 0.3) is 0 Å². The van der Waals surface area contributed by atoms with Crippen molar-refractivity contribution in [2.75, 3.05) is 13.1 Å². The molecule has 1 amide bonds. The third-order valence-electron chi connectivity index (χ3n) is 4.04. The molecule has 1 heterocycles. The topological polar surface area (TPSA) is 82.2 Å². The van der Waals surface area contributed by atoms with Gasteiger partial charge in [-0.3, -0.25) is 4.68 Å². The molecular weight excluding hydrogens is 316 g/mol.